The van der Waals surface area contributed by atoms with E-state index >= 15 is 0 Å². The SMILES string of the molecule is c1ccc(-c2nc(-c3ccccc3)nc(-c3ccc4c(c3)sc3ccc(-c5ccccc5-c5ccc6sc7ccccc7c6c5)cc34)n2)cc1. The molecule has 0 N–H and O–H groups in total. The Labute approximate surface area is 296 Å². The molecule has 0 amide bonds. The van der Waals surface area contributed by atoms with Gasteiger partial charge < -0.3 is 0 Å². The third-order valence-corrected chi connectivity index (χ3v) is 11.6. The Morgan fingerprint density at radius 3 is 1.32 bits per heavy atom. The molecule has 0 saturated carbocycles. The quantitative estimate of drug-likeness (QED) is 0.182. The molecule has 10 aromatic rings. The first-order valence-electron chi connectivity index (χ1n) is 16.6. The zero-order valence-electron chi connectivity index (χ0n) is 26.7. The van der Waals surface area contributed by atoms with E-state index in [2.05, 4.69) is 103 Å². The molecule has 0 aliphatic carbocycles. The van der Waals surface area contributed by atoms with Gasteiger partial charge in [0.2, 0.25) is 0 Å². The molecule has 0 unspecified atom stereocenters. The molecule has 7 aromatic carbocycles. The molecular weight excluding hydrogens is 647 g/mol. The van der Waals surface area contributed by atoms with Crippen molar-refractivity contribution < 1.29 is 0 Å². The van der Waals surface area contributed by atoms with Crippen molar-refractivity contribution in [1.29, 1.82) is 0 Å². The van der Waals surface area contributed by atoms with Gasteiger partial charge in [0, 0.05) is 57.0 Å². The van der Waals surface area contributed by atoms with Crippen LogP contribution < -0.4 is 0 Å². The van der Waals surface area contributed by atoms with Crippen LogP contribution in [0.1, 0.15) is 0 Å². The molecule has 3 heterocycles. The summed E-state index contributed by atoms with van der Waals surface area (Å²) in [6.45, 7) is 0. The summed E-state index contributed by atoms with van der Waals surface area (Å²) < 4.78 is 5.12. The maximum absolute atomic E-state index is 4.97. The molecule has 234 valence electrons. The highest BCUT2D eigenvalue weighted by atomic mass is 32.1. The summed E-state index contributed by atoms with van der Waals surface area (Å²) in [5.41, 5.74) is 7.83. The fraction of sp³-hybridized carbons (Fsp3) is 0. The predicted molar refractivity (Wildman–Crippen MR) is 213 cm³/mol. The molecule has 0 saturated heterocycles. The number of hydrogen-bond acceptors (Lipinski definition) is 5. The Bertz CT molecular complexity index is 2810. The number of aromatic nitrogens is 3. The number of fused-ring (bicyclic) bond motifs is 6. The van der Waals surface area contributed by atoms with Crippen molar-refractivity contribution in [3.05, 3.63) is 164 Å². The average molecular weight is 674 g/mol. The van der Waals surface area contributed by atoms with E-state index in [-0.39, 0.29) is 0 Å². The van der Waals surface area contributed by atoms with Crippen LogP contribution in [0.25, 0.3) is 96.8 Å². The van der Waals surface area contributed by atoms with Crippen LogP contribution in [0.3, 0.4) is 0 Å². The molecule has 3 aromatic heterocycles. The van der Waals surface area contributed by atoms with Crippen molar-refractivity contribution in [2.45, 2.75) is 0 Å². The summed E-state index contributed by atoms with van der Waals surface area (Å²) in [4.78, 5) is 14.8. The fourth-order valence-corrected chi connectivity index (χ4v) is 9.11. The second kappa shape index (κ2) is 11.8. The first kappa shape index (κ1) is 29.0. The first-order chi connectivity index (χ1) is 24.7. The number of hydrogen-bond donors (Lipinski definition) is 0. The highest BCUT2D eigenvalue weighted by molar-refractivity contribution is 7.26. The van der Waals surface area contributed by atoms with Gasteiger partial charge in [-0.15, -0.1) is 22.7 Å². The smallest absolute Gasteiger partial charge is 0.164 e. The fourth-order valence-electron chi connectivity index (χ4n) is 6.90. The van der Waals surface area contributed by atoms with E-state index in [4.69, 9.17) is 15.0 Å². The topological polar surface area (TPSA) is 38.7 Å². The first-order valence-corrected chi connectivity index (χ1v) is 18.2. The van der Waals surface area contributed by atoms with E-state index < -0.39 is 0 Å². The zero-order valence-corrected chi connectivity index (χ0v) is 28.4. The lowest BCUT2D eigenvalue weighted by atomic mass is 9.93. The Morgan fingerprint density at radius 1 is 0.280 bits per heavy atom. The van der Waals surface area contributed by atoms with Crippen LogP contribution >= 0.6 is 22.7 Å². The van der Waals surface area contributed by atoms with Gasteiger partial charge in [-0.2, -0.15) is 0 Å². The van der Waals surface area contributed by atoms with Crippen LogP contribution in [0.2, 0.25) is 0 Å². The van der Waals surface area contributed by atoms with Gasteiger partial charge in [0.15, 0.2) is 17.5 Å². The van der Waals surface area contributed by atoms with E-state index in [0.717, 1.165) is 16.7 Å². The third kappa shape index (κ3) is 4.98. The van der Waals surface area contributed by atoms with Crippen LogP contribution in [0.4, 0.5) is 0 Å². The van der Waals surface area contributed by atoms with Crippen LogP contribution in [0.15, 0.2) is 164 Å². The van der Waals surface area contributed by atoms with Gasteiger partial charge in [-0.1, -0.05) is 127 Å². The van der Waals surface area contributed by atoms with Gasteiger partial charge in [0.1, 0.15) is 0 Å². The minimum atomic E-state index is 0.667. The summed E-state index contributed by atoms with van der Waals surface area (Å²) in [7, 11) is 0. The van der Waals surface area contributed by atoms with Gasteiger partial charge in [-0.05, 0) is 58.7 Å². The number of benzene rings is 7. The molecule has 0 atom stereocenters. The molecule has 50 heavy (non-hydrogen) atoms. The van der Waals surface area contributed by atoms with Crippen LogP contribution in [0.5, 0.6) is 0 Å². The standard InChI is InChI=1S/C45H27N3S2/c1-3-11-28(12-4-1)43-46-44(29-13-5-2-6-14-29)48-45(47-43)32-19-22-36-38-26-31(21-24-41(38)50-42(36)27-32)34-16-8-7-15-33(34)30-20-23-40-37(25-30)35-17-9-10-18-39(35)49-40/h1-27H. The van der Waals surface area contributed by atoms with Gasteiger partial charge >= 0.3 is 0 Å². The van der Waals surface area contributed by atoms with Crippen LogP contribution in [-0.2, 0) is 0 Å². The maximum Gasteiger partial charge on any atom is 0.164 e. The van der Waals surface area contributed by atoms with Crippen molar-refractivity contribution in [3.63, 3.8) is 0 Å². The second-order valence-corrected chi connectivity index (χ2v) is 14.6. The van der Waals surface area contributed by atoms with Crippen molar-refractivity contribution >= 4 is 63.0 Å². The van der Waals surface area contributed by atoms with Gasteiger partial charge in [-0.3, -0.25) is 0 Å². The van der Waals surface area contributed by atoms with E-state index in [9.17, 15) is 0 Å². The van der Waals surface area contributed by atoms with Crippen LogP contribution in [-0.4, -0.2) is 15.0 Å². The molecule has 0 radical (unpaired) electrons. The minimum Gasteiger partial charge on any atom is -0.208 e. The molecule has 0 bridgehead atoms. The molecule has 0 aliphatic heterocycles. The molecule has 0 spiro atoms. The van der Waals surface area contributed by atoms with Crippen molar-refractivity contribution in [3.8, 4) is 56.4 Å². The summed E-state index contributed by atoms with van der Waals surface area (Å²) in [6.07, 6.45) is 0. The lowest BCUT2D eigenvalue weighted by Crippen LogP contribution is -1.99. The number of nitrogens with zero attached hydrogens (tertiary/aromatic N) is 3. The van der Waals surface area contributed by atoms with E-state index in [1.54, 1.807) is 0 Å². The largest absolute Gasteiger partial charge is 0.208 e. The Hall–Kier alpha value is -6.01. The second-order valence-electron chi connectivity index (χ2n) is 12.4. The average Bonchev–Trinajstić information content (AvgIpc) is 3.75. The van der Waals surface area contributed by atoms with Gasteiger partial charge in [-0.25, -0.2) is 15.0 Å². The Kier molecular flexibility index (Phi) is 6.86. The van der Waals surface area contributed by atoms with Crippen molar-refractivity contribution in [2.75, 3.05) is 0 Å². The minimum absolute atomic E-state index is 0.667. The highest BCUT2D eigenvalue weighted by Crippen LogP contribution is 2.42. The normalized spacial score (nSPS) is 11.6. The lowest BCUT2D eigenvalue weighted by molar-refractivity contribution is 1.07. The van der Waals surface area contributed by atoms with Gasteiger partial charge in [0.05, 0.1) is 0 Å². The summed E-state index contributed by atoms with van der Waals surface area (Å²) >= 11 is 3.67. The third-order valence-electron chi connectivity index (χ3n) is 9.35. The number of rotatable bonds is 5. The molecule has 3 nitrogen and oxygen atoms in total. The molecule has 5 heteroatoms. The van der Waals surface area contributed by atoms with Crippen LogP contribution in [0, 0.1) is 0 Å². The zero-order chi connectivity index (χ0) is 33.0. The van der Waals surface area contributed by atoms with E-state index in [1.807, 2.05) is 83.3 Å². The molecule has 10 rings (SSSR count). The molecule has 0 fully saturated rings. The monoisotopic (exact) mass is 673 g/mol. The van der Waals surface area contributed by atoms with E-state index in [0.29, 0.717) is 17.5 Å². The Morgan fingerprint density at radius 2 is 0.720 bits per heavy atom. The van der Waals surface area contributed by atoms with Crippen molar-refractivity contribution in [1.82, 2.24) is 15.0 Å². The Balaban J connectivity index is 1.07. The predicted octanol–water partition coefficient (Wildman–Crippen LogP) is 12.9. The van der Waals surface area contributed by atoms with Crippen molar-refractivity contribution in [2.24, 2.45) is 0 Å². The molecular formula is C45H27N3S2. The number of thiophene rings is 2. The highest BCUT2D eigenvalue weighted by Gasteiger charge is 2.16. The maximum atomic E-state index is 4.97. The lowest BCUT2D eigenvalue weighted by Gasteiger charge is -2.11. The summed E-state index contributed by atoms with van der Waals surface area (Å²) in [5, 5.41) is 5.13. The van der Waals surface area contributed by atoms with Gasteiger partial charge in [0.25, 0.3) is 0 Å². The molecule has 0 aliphatic rings. The summed E-state index contributed by atoms with van der Waals surface area (Å²) in [6, 6.07) is 58.1. The van der Waals surface area contributed by atoms with E-state index in [1.165, 1.54) is 62.6 Å². The summed E-state index contributed by atoms with van der Waals surface area (Å²) in [5.74, 6) is 2.00.